The maximum atomic E-state index is 13.6. The molecule has 1 saturated heterocycles. The molecule has 5 rings (SSSR count). The van der Waals surface area contributed by atoms with Gasteiger partial charge < -0.3 is 0 Å². The Balaban J connectivity index is 1.56. The highest BCUT2D eigenvalue weighted by atomic mass is 32.2. The average Bonchev–Trinajstić information content (AvgIpc) is 3.11. The van der Waals surface area contributed by atoms with Gasteiger partial charge in [-0.1, -0.05) is 89.8 Å². The van der Waals surface area contributed by atoms with E-state index in [-0.39, 0.29) is 11.5 Å². The van der Waals surface area contributed by atoms with E-state index < -0.39 is 0 Å². The topological polar surface area (TPSA) is 54.7 Å². The molecule has 1 fully saturated rings. The lowest BCUT2D eigenvalue weighted by molar-refractivity contribution is -0.122. The van der Waals surface area contributed by atoms with Crippen LogP contribution < -0.4 is 5.56 Å². The summed E-state index contributed by atoms with van der Waals surface area (Å²) in [6, 6.07) is 21.5. The Morgan fingerprint density at radius 2 is 1.69 bits per heavy atom. The van der Waals surface area contributed by atoms with Crippen LogP contribution in [0.25, 0.3) is 11.7 Å². The van der Waals surface area contributed by atoms with E-state index in [1.807, 2.05) is 80.6 Å². The maximum absolute atomic E-state index is 13.6. The lowest BCUT2D eigenvalue weighted by atomic mass is 10.1. The van der Waals surface area contributed by atoms with E-state index in [4.69, 9.17) is 17.2 Å². The second kappa shape index (κ2) is 9.81. The van der Waals surface area contributed by atoms with Crippen molar-refractivity contribution in [3.63, 3.8) is 0 Å². The quantitative estimate of drug-likeness (QED) is 0.188. The molecule has 3 heterocycles. The fourth-order valence-corrected chi connectivity index (χ4v) is 5.83. The number of benzene rings is 2. The van der Waals surface area contributed by atoms with Crippen LogP contribution in [0.5, 0.6) is 0 Å². The molecule has 8 heteroatoms. The van der Waals surface area contributed by atoms with Crippen LogP contribution in [0.1, 0.15) is 22.3 Å². The third-order valence-electron chi connectivity index (χ3n) is 5.54. The van der Waals surface area contributed by atoms with Gasteiger partial charge in [-0.15, -0.1) is 0 Å². The molecular weight excluding hydrogens is 495 g/mol. The number of nitrogens with zero attached hydrogens (tertiary/aromatic N) is 3. The van der Waals surface area contributed by atoms with Crippen LogP contribution in [0.15, 0.2) is 92.5 Å². The largest absolute Gasteiger partial charge is 0.288 e. The van der Waals surface area contributed by atoms with Gasteiger partial charge in [-0.05, 0) is 49.2 Å². The Morgan fingerprint density at radius 3 is 2.43 bits per heavy atom. The molecule has 2 aromatic heterocycles. The van der Waals surface area contributed by atoms with Crippen molar-refractivity contribution < 1.29 is 4.79 Å². The summed E-state index contributed by atoms with van der Waals surface area (Å²) in [5.41, 5.74) is 3.81. The highest BCUT2D eigenvalue weighted by Gasteiger charge is 2.32. The molecule has 0 bridgehead atoms. The van der Waals surface area contributed by atoms with Crippen molar-refractivity contribution in [3.8, 4) is 0 Å². The highest BCUT2D eigenvalue weighted by Crippen LogP contribution is 2.35. The third kappa shape index (κ3) is 4.96. The van der Waals surface area contributed by atoms with Gasteiger partial charge in [0.25, 0.3) is 11.5 Å². The molecule has 1 aliphatic rings. The minimum absolute atomic E-state index is 0.204. The van der Waals surface area contributed by atoms with Crippen molar-refractivity contribution in [2.45, 2.75) is 30.3 Å². The van der Waals surface area contributed by atoms with Crippen LogP contribution in [-0.2, 0) is 11.3 Å². The number of aromatic nitrogens is 2. The smallest absolute Gasteiger partial charge is 0.266 e. The standard InChI is InChI=1S/C27H21N3O2S3/c1-17-8-11-19(12-9-17)16-30-26(32)22(35-27(30)33)14-21-24(34-20-6-4-3-5-7-20)28-23-13-10-18(2)15-29(23)25(21)31/h3-15H,16H2,1-2H3. The number of thioether (sulfide) groups is 1. The number of amides is 1. The number of hydrogen-bond acceptors (Lipinski definition) is 6. The second-order valence-corrected chi connectivity index (χ2v) is 11.0. The molecular formula is C27H21N3O2S3. The van der Waals surface area contributed by atoms with Gasteiger partial charge in [0, 0.05) is 11.1 Å². The van der Waals surface area contributed by atoms with Crippen molar-refractivity contribution in [1.82, 2.24) is 14.3 Å². The van der Waals surface area contributed by atoms with E-state index in [0.29, 0.717) is 32.0 Å². The zero-order valence-corrected chi connectivity index (χ0v) is 21.5. The van der Waals surface area contributed by atoms with Crippen molar-refractivity contribution in [2.24, 2.45) is 0 Å². The molecule has 0 saturated carbocycles. The van der Waals surface area contributed by atoms with E-state index in [2.05, 4.69) is 0 Å². The molecule has 1 aliphatic heterocycles. The van der Waals surface area contributed by atoms with E-state index >= 15 is 0 Å². The molecule has 0 atom stereocenters. The number of thiocarbonyl (C=S) groups is 1. The minimum atomic E-state index is -0.221. The van der Waals surface area contributed by atoms with Gasteiger partial charge in [-0.3, -0.25) is 18.9 Å². The molecule has 174 valence electrons. The van der Waals surface area contributed by atoms with Gasteiger partial charge in [-0.2, -0.15) is 0 Å². The van der Waals surface area contributed by atoms with Gasteiger partial charge in [0.2, 0.25) is 0 Å². The molecule has 0 unspecified atom stereocenters. The molecule has 0 spiro atoms. The lowest BCUT2D eigenvalue weighted by Gasteiger charge is -2.14. The monoisotopic (exact) mass is 515 g/mol. The van der Waals surface area contributed by atoms with Crippen molar-refractivity contribution in [3.05, 3.63) is 110 Å². The summed E-state index contributed by atoms with van der Waals surface area (Å²) in [4.78, 5) is 34.6. The van der Waals surface area contributed by atoms with Crippen LogP contribution >= 0.6 is 35.7 Å². The summed E-state index contributed by atoms with van der Waals surface area (Å²) >= 11 is 8.14. The maximum Gasteiger partial charge on any atom is 0.266 e. The summed E-state index contributed by atoms with van der Waals surface area (Å²) < 4.78 is 2.01. The van der Waals surface area contributed by atoms with Gasteiger partial charge in [0.1, 0.15) is 15.0 Å². The summed E-state index contributed by atoms with van der Waals surface area (Å²) in [6.07, 6.45) is 3.41. The number of aryl methyl sites for hydroxylation is 2. The number of carbonyl (C=O) groups excluding carboxylic acids is 1. The Kier molecular flexibility index (Phi) is 6.60. The Morgan fingerprint density at radius 1 is 0.971 bits per heavy atom. The number of hydrogen-bond donors (Lipinski definition) is 0. The van der Waals surface area contributed by atoms with Crippen LogP contribution in [0, 0.1) is 13.8 Å². The average molecular weight is 516 g/mol. The number of fused-ring (bicyclic) bond motifs is 1. The Hall–Kier alpha value is -3.20. The van der Waals surface area contributed by atoms with Crippen LogP contribution in [0.4, 0.5) is 0 Å². The predicted octanol–water partition coefficient (Wildman–Crippen LogP) is 5.86. The SMILES string of the molecule is Cc1ccc(CN2C(=O)C(=Cc3c(Sc4ccccc4)nc4ccc(C)cn4c3=O)SC2=S)cc1. The number of rotatable bonds is 5. The first-order valence-electron chi connectivity index (χ1n) is 11.0. The van der Waals surface area contributed by atoms with Crippen molar-refractivity contribution in [2.75, 3.05) is 0 Å². The fourth-order valence-electron chi connectivity index (χ4n) is 3.68. The minimum Gasteiger partial charge on any atom is -0.288 e. The molecule has 0 N–H and O–H groups in total. The fraction of sp³-hybridized carbons (Fsp3) is 0.111. The molecule has 5 nitrogen and oxygen atoms in total. The number of pyridine rings is 1. The molecule has 0 radical (unpaired) electrons. The third-order valence-corrected chi connectivity index (χ3v) is 7.93. The van der Waals surface area contributed by atoms with E-state index in [0.717, 1.165) is 21.6 Å². The van der Waals surface area contributed by atoms with Crippen molar-refractivity contribution in [1.29, 1.82) is 0 Å². The number of carbonyl (C=O) groups is 1. The first kappa shape index (κ1) is 23.5. The summed E-state index contributed by atoms with van der Waals surface area (Å²) in [5, 5.41) is 0.550. The van der Waals surface area contributed by atoms with E-state index in [1.54, 1.807) is 17.2 Å². The first-order chi connectivity index (χ1) is 16.9. The Labute approximate surface area is 216 Å². The normalized spacial score (nSPS) is 14.9. The second-order valence-electron chi connectivity index (χ2n) is 8.24. The van der Waals surface area contributed by atoms with Crippen LogP contribution in [0.3, 0.4) is 0 Å². The molecule has 4 aromatic rings. The van der Waals surface area contributed by atoms with Gasteiger partial charge in [0.15, 0.2) is 0 Å². The predicted molar refractivity (Wildman–Crippen MR) is 147 cm³/mol. The van der Waals surface area contributed by atoms with E-state index in [9.17, 15) is 9.59 Å². The molecule has 35 heavy (non-hydrogen) atoms. The summed E-state index contributed by atoms with van der Waals surface area (Å²) in [5.74, 6) is -0.204. The van der Waals surface area contributed by atoms with Crippen LogP contribution in [-0.4, -0.2) is 24.5 Å². The summed E-state index contributed by atoms with van der Waals surface area (Å²) in [7, 11) is 0. The zero-order valence-electron chi connectivity index (χ0n) is 19.1. The van der Waals surface area contributed by atoms with Gasteiger partial charge in [-0.25, -0.2) is 4.98 Å². The van der Waals surface area contributed by atoms with Gasteiger partial charge >= 0.3 is 0 Å². The highest BCUT2D eigenvalue weighted by molar-refractivity contribution is 8.26. The summed E-state index contributed by atoms with van der Waals surface area (Å²) in [6.45, 7) is 4.34. The first-order valence-corrected chi connectivity index (χ1v) is 13.0. The van der Waals surface area contributed by atoms with Crippen molar-refractivity contribution >= 4 is 57.7 Å². The lowest BCUT2D eigenvalue weighted by Crippen LogP contribution is -2.27. The van der Waals surface area contributed by atoms with Gasteiger partial charge in [0.05, 0.1) is 17.0 Å². The van der Waals surface area contributed by atoms with E-state index in [1.165, 1.54) is 27.9 Å². The molecule has 2 aromatic carbocycles. The molecule has 0 aliphatic carbocycles. The molecule has 1 amide bonds. The Bertz CT molecular complexity index is 1540. The van der Waals surface area contributed by atoms with Crippen LogP contribution in [0.2, 0.25) is 0 Å². The zero-order chi connectivity index (χ0) is 24.5.